The Labute approximate surface area is 184 Å². The molecule has 164 valence electrons. The number of pyridine rings is 1. The predicted octanol–water partition coefficient (Wildman–Crippen LogP) is 3.02. The van der Waals surface area contributed by atoms with Crippen LogP contribution >= 0.6 is 0 Å². The molecule has 0 aliphatic heterocycles. The number of halogens is 1. The third-order valence-electron chi connectivity index (χ3n) is 4.72. The lowest BCUT2D eigenvalue weighted by Crippen LogP contribution is -2.20. The van der Waals surface area contributed by atoms with E-state index in [1.54, 1.807) is 43.6 Å². The van der Waals surface area contributed by atoms with Crippen LogP contribution in [-0.2, 0) is 17.6 Å². The van der Waals surface area contributed by atoms with Crippen LogP contribution in [0.25, 0.3) is 11.0 Å². The largest absolute Gasteiger partial charge is 0.424 e. The molecule has 1 aromatic carbocycles. The number of aryl methyl sites for hydroxylation is 1. The van der Waals surface area contributed by atoms with E-state index < -0.39 is 22.6 Å². The smallest absolute Gasteiger partial charge is 0.340 e. The lowest BCUT2D eigenvalue weighted by atomic mass is 10.00. The van der Waals surface area contributed by atoms with Crippen molar-refractivity contribution in [3.05, 3.63) is 81.9 Å². The first kappa shape index (κ1) is 21.5. The summed E-state index contributed by atoms with van der Waals surface area (Å²) in [6.45, 7) is 1.77. The van der Waals surface area contributed by atoms with Crippen LogP contribution in [-0.4, -0.2) is 26.2 Å². The highest BCUT2D eigenvalue weighted by atomic mass is 32.2. The highest BCUT2D eigenvalue weighted by Gasteiger charge is 2.17. The molecule has 0 spiro atoms. The van der Waals surface area contributed by atoms with Crippen LogP contribution in [0, 0.1) is 12.7 Å². The van der Waals surface area contributed by atoms with Crippen molar-refractivity contribution in [3.8, 4) is 11.8 Å². The lowest BCUT2D eigenvalue weighted by molar-refractivity contribution is 0.440. The molecule has 0 radical (unpaired) electrons. The van der Waals surface area contributed by atoms with Gasteiger partial charge in [0.25, 0.3) is 0 Å². The molecule has 3 heterocycles. The van der Waals surface area contributed by atoms with E-state index in [0.717, 1.165) is 0 Å². The van der Waals surface area contributed by atoms with E-state index in [0.29, 0.717) is 27.8 Å². The van der Waals surface area contributed by atoms with Crippen LogP contribution in [0.5, 0.6) is 11.8 Å². The second kappa shape index (κ2) is 9.20. The molecule has 0 amide bonds. The van der Waals surface area contributed by atoms with Gasteiger partial charge in [0.1, 0.15) is 11.3 Å². The number of benzene rings is 1. The monoisotopic (exact) mass is 455 g/mol. The number of ether oxygens (including phenoxy) is 1. The quantitative estimate of drug-likeness (QED) is 0.411. The minimum atomic E-state index is -1.69. The molecule has 0 fully saturated rings. The van der Waals surface area contributed by atoms with E-state index in [1.165, 1.54) is 19.3 Å². The van der Waals surface area contributed by atoms with E-state index in [-0.39, 0.29) is 23.8 Å². The molecule has 1 unspecified atom stereocenters. The maximum Gasteiger partial charge on any atom is 0.340 e. The van der Waals surface area contributed by atoms with Crippen LogP contribution in [0.3, 0.4) is 0 Å². The average Bonchev–Trinajstić information content (AvgIpc) is 2.79. The molecule has 4 rings (SSSR count). The molecule has 0 saturated heterocycles. The van der Waals surface area contributed by atoms with E-state index in [1.807, 2.05) is 0 Å². The standard InChI is InChI=1S/C21H18FN5O4S/c1-12-15-5-4-14(30-21-25-7-3-8-26-21)11-17(15)31-20(28)16(12)10-13-6-9-24-19(18(13)22)27-32(29)23-2/h3-9,11,23H,10H2,1-2H3,(H,24,27). The number of fused-ring (bicyclic) bond motifs is 1. The number of nitrogens with one attached hydrogen (secondary N) is 2. The lowest BCUT2D eigenvalue weighted by Gasteiger charge is -2.11. The Bertz CT molecular complexity index is 1360. The first-order valence-electron chi connectivity index (χ1n) is 9.46. The van der Waals surface area contributed by atoms with Crippen LogP contribution in [0.2, 0.25) is 0 Å². The minimum absolute atomic E-state index is 0.0184. The highest BCUT2D eigenvalue weighted by molar-refractivity contribution is 7.84. The van der Waals surface area contributed by atoms with Gasteiger partial charge in [-0.3, -0.25) is 4.72 Å². The molecule has 0 saturated carbocycles. The summed E-state index contributed by atoms with van der Waals surface area (Å²) in [7, 11) is 1.46. The van der Waals surface area contributed by atoms with Gasteiger partial charge >= 0.3 is 11.6 Å². The van der Waals surface area contributed by atoms with Crippen molar-refractivity contribution in [2.45, 2.75) is 13.3 Å². The summed E-state index contributed by atoms with van der Waals surface area (Å²) in [5, 5.41) is 0.685. The second-order valence-corrected chi connectivity index (χ2v) is 7.82. The second-order valence-electron chi connectivity index (χ2n) is 6.67. The molecule has 0 aliphatic carbocycles. The number of hydrogen-bond donors (Lipinski definition) is 2. The molecule has 3 aromatic heterocycles. The predicted molar refractivity (Wildman–Crippen MR) is 117 cm³/mol. The summed E-state index contributed by atoms with van der Waals surface area (Å²) < 4.78 is 42.4. The fourth-order valence-corrected chi connectivity index (χ4v) is 3.53. The van der Waals surface area contributed by atoms with Gasteiger partial charge in [-0.05, 0) is 49.4 Å². The van der Waals surface area contributed by atoms with Gasteiger partial charge in [-0.25, -0.2) is 33.1 Å². The Morgan fingerprint density at radius 3 is 2.69 bits per heavy atom. The zero-order chi connectivity index (χ0) is 22.7. The zero-order valence-electron chi connectivity index (χ0n) is 17.1. The molecular formula is C21H18FN5O4S. The van der Waals surface area contributed by atoms with Crippen molar-refractivity contribution in [2.75, 3.05) is 11.8 Å². The van der Waals surface area contributed by atoms with Crippen LogP contribution in [0.4, 0.5) is 10.2 Å². The van der Waals surface area contributed by atoms with Gasteiger partial charge in [0, 0.05) is 42.0 Å². The number of hydrogen-bond acceptors (Lipinski definition) is 7. The van der Waals surface area contributed by atoms with E-state index in [9.17, 15) is 13.4 Å². The molecule has 1 atom stereocenters. The van der Waals surface area contributed by atoms with Crippen LogP contribution in [0.1, 0.15) is 16.7 Å². The van der Waals surface area contributed by atoms with Gasteiger partial charge in [0.05, 0.1) is 0 Å². The van der Waals surface area contributed by atoms with E-state index in [4.69, 9.17) is 9.15 Å². The van der Waals surface area contributed by atoms with Crippen molar-refractivity contribution < 1.29 is 17.8 Å². The third-order valence-corrected chi connectivity index (χ3v) is 5.47. The maximum absolute atomic E-state index is 14.8. The zero-order valence-corrected chi connectivity index (χ0v) is 17.9. The average molecular weight is 455 g/mol. The van der Waals surface area contributed by atoms with Gasteiger partial charge in [-0.2, -0.15) is 0 Å². The van der Waals surface area contributed by atoms with Crippen molar-refractivity contribution in [1.82, 2.24) is 19.7 Å². The first-order chi connectivity index (χ1) is 15.5. The Morgan fingerprint density at radius 2 is 1.94 bits per heavy atom. The molecule has 2 N–H and O–H groups in total. The van der Waals surface area contributed by atoms with Gasteiger partial charge in [-0.15, -0.1) is 0 Å². The maximum atomic E-state index is 14.8. The highest BCUT2D eigenvalue weighted by Crippen LogP contribution is 2.27. The third kappa shape index (κ3) is 4.48. The van der Waals surface area contributed by atoms with Gasteiger partial charge in [-0.1, -0.05) is 0 Å². The summed E-state index contributed by atoms with van der Waals surface area (Å²) in [5.74, 6) is -0.461. The molecule has 0 aliphatic rings. The van der Waals surface area contributed by atoms with Gasteiger partial charge in [0.15, 0.2) is 22.8 Å². The van der Waals surface area contributed by atoms with Crippen LogP contribution in [0.15, 0.2) is 58.1 Å². The van der Waals surface area contributed by atoms with Crippen molar-refractivity contribution >= 4 is 28.0 Å². The molecule has 32 heavy (non-hydrogen) atoms. The normalized spacial score (nSPS) is 12.0. The van der Waals surface area contributed by atoms with Gasteiger partial charge in [0.2, 0.25) is 0 Å². The topological polar surface area (TPSA) is 119 Å². The molecule has 0 bridgehead atoms. The summed E-state index contributed by atoms with van der Waals surface area (Å²) in [6, 6.07) is 8.33. The SMILES string of the molecule is CNS(=O)Nc1nccc(Cc2c(C)c3ccc(Oc4ncccn4)cc3oc2=O)c1F. The summed E-state index contributed by atoms with van der Waals surface area (Å²) >= 11 is -1.69. The minimum Gasteiger partial charge on any atom is -0.424 e. The van der Waals surface area contributed by atoms with E-state index in [2.05, 4.69) is 24.4 Å². The molecule has 11 heteroatoms. The number of anilines is 1. The summed E-state index contributed by atoms with van der Waals surface area (Å²) in [6.07, 6.45) is 4.46. The fraction of sp³-hybridized carbons (Fsp3) is 0.143. The Balaban J connectivity index is 1.67. The van der Waals surface area contributed by atoms with Gasteiger partial charge < -0.3 is 9.15 Å². The van der Waals surface area contributed by atoms with Crippen LogP contribution < -0.4 is 19.8 Å². The number of rotatable bonds is 7. The van der Waals surface area contributed by atoms with E-state index >= 15 is 0 Å². The molecule has 4 aromatic rings. The Kier molecular flexibility index (Phi) is 6.19. The summed E-state index contributed by atoms with van der Waals surface area (Å²) in [4.78, 5) is 24.6. The summed E-state index contributed by atoms with van der Waals surface area (Å²) in [5.41, 5.74) is 0.914. The number of aromatic nitrogens is 3. The first-order valence-corrected chi connectivity index (χ1v) is 10.6. The van der Waals surface area contributed by atoms with Crippen molar-refractivity contribution in [1.29, 1.82) is 0 Å². The fourth-order valence-electron chi connectivity index (χ4n) is 3.11. The molecule has 9 nitrogen and oxygen atoms in total. The number of nitrogens with zero attached hydrogens (tertiary/aromatic N) is 3. The Morgan fingerprint density at radius 1 is 1.16 bits per heavy atom. The van der Waals surface area contributed by atoms with Crippen molar-refractivity contribution in [3.63, 3.8) is 0 Å². The molecular weight excluding hydrogens is 437 g/mol. The van der Waals surface area contributed by atoms with Crippen molar-refractivity contribution in [2.24, 2.45) is 0 Å². The Hall–Kier alpha value is -3.70.